The van der Waals surface area contributed by atoms with Crippen LogP contribution in [0.3, 0.4) is 0 Å². The van der Waals surface area contributed by atoms with E-state index in [9.17, 15) is 4.79 Å². The first kappa shape index (κ1) is 11.9. The van der Waals surface area contributed by atoms with Gasteiger partial charge in [-0.1, -0.05) is 0 Å². The van der Waals surface area contributed by atoms with Gasteiger partial charge in [0, 0.05) is 0 Å². The van der Waals surface area contributed by atoms with E-state index in [0.29, 0.717) is 0 Å². The van der Waals surface area contributed by atoms with Crippen molar-refractivity contribution in [2.75, 3.05) is 11.1 Å². The molecule has 1 atom stereocenters. The van der Waals surface area contributed by atoms with Crippen molar-refractivity contribution in [2.24, 2.45) is 0 Å². The topological polar surface area (TPSA) is 42.0 Å². The van der Waals surface area contributed by atoms with Crippen molar-refractivity contribution in [1.29, 1.82) is 0 Å². The van der Waals surface area contributed by atoms with E-state index < -0.39 is 0 Å². The molecule has 5 heteroatoms. The quantitative estimate of drug-likeness (QED) is 0.854. The van der Waals surface area contributed by atoms with Gasteiger partial charge in [0.15, 0.2) is 0 Å². The molecule has 0 aromatic carbocycles. The summed E-state index contributed by atoms with van der Waals surface area (Å²) >= 11 is 5.04. The maximum absolute atomic E-state index is 11.9. The highest BCUT2D eigenvalue weighted by Crippen LogP contribution is 2.27. The summed E-state index contributed by atoms with van der Waals surface area (Å²) in [4.78, 5) is 16.1. The second-order valence-corrected chi connectivity index (χ2v) is 5.88. The van der Waals surface area contributed by atoms with Crippen LogP contribution in [0.15, 0.2) is 16.7 Å². The van der Waals surface area contributed by atoms with Gasteiger partial charge in [-0.25, -0.2) is 4.98 Å². The van der Waals surface area contributed by atoms with E-state index in [2.05, 4.69) is 26.2 Å². The summed E-state index contributed by atoms with van der Waals surface area (Å²) in [5, 5.41) is 3.05. The van der Waals surface area contributed by atoms with Gasteiger partial charge in [-0.15, -0.1) is 11.8 Å². The van der Waals surface area contributed by atoms with Crippen LogP contribution in [-0.4, -0.2) is 21.9 Å². The predicted octanol–water partition coefficient (Wildman–Crippen LogP) is 2.99. The Morgan fingerprint density at radius 2 is 2.44 bits per heavy atom. The van der Waals surface area contributed by atoms with Gasteiger partial charge in [-0.2, -0.15) is 0 Å². The smallest absolute Gasteiger partial charge is 0.237 e. The molecule has 1 unspecified atom stereocenters. The maximum atomic E-state index is 11.9. The van der Waals surface area contributed by atoms with E-state index in [4.69, 9.17) is 0 Å². The number of nitrogens with zero attached hydrogens (tertiary/aromatic N) is 1. The van der Waals surface area contributed by atoms with Crippen LogP contribution < -0.4 is 5.32 Å². The zero-order chi connectivity index (χ0) is 11.5. The number of aryl methyl sites for hydroxylation is 1. The van der Waals surface area contributed by atoms with Crippen LogP contribution in [0.25, 0.3) is 0 Å². The summed E-state index contributed by atoms with van der Waals surface area (Å²) in [7, 11) is 0. The van der Waals surface area contributed by atoms with Crippen LogP contribution in [0.2, 0.25) is 0 Å². The van der Waals surface area contributed by atoms with Crippen molar-refractivity contribution >= 4 is 39.3 Å². The maximum Gasteiger partial charge on any atom is 0.237 e. The molecule has 1 aromatic heterocycles. The Kier molecular flexibility index (Phi) is 3.86. The van der Waals surface area contributed by atoms with E-state index >= 15 is 0 Å². The van der Waals surface area contributed by atoms with E-state index in [1.807, 2.05) is 19.1 Å². The monoisotopic (exact) mass is 300 g/mol. The summed E-state index contributed by atoms with van der Waals surface area (Å²) < 4.78 is 0.790. The molecule has 86 valence electrons. The number of aromatic nitrogens is 1. The van der Waals surface area contributed by atoms with Crippen LogP contribution in [-0.2, 0) is 4.79 Å². The molecule has 1 aliphatic heterocycles. The molecule has 0 bridgehead atoms. The molecular weight excluding hydrogens is 288 g/mol. The molecule has 0 saturated carbocycles. The number of hydrogen-bond donors (Lipinski definition) is 1. The van der Waals surface area contributed by atoms with Gasteiger partial charge in [-0.3, -0.25) is 4.79 Å². The van der Waals surface area contributed by atoms with Crippen LogP contribution >= 0.6 is 27.7 Å². The molecule has 1 aromatic rings. The number of hydrogen-bond acceptors (Lipinski definition) is 3. The standard InChI is InChI=1S/C11H13BrN2OS/c1-7-8(4-5-10(12)13-7)14-11(15)9-3-2-6-16-9/h4-5,9H,2-3,6H2,1H3,(H,14,15). The average molecular weight is 301 g/mol. The Bertz CT molecular complexity index is 405. The zero-order valence-corrected chi connectivity index (χ0v) is 11.4. The molecule has 1 N–H and O–H groups in total. The molecule has 2 heterocycles. The lowest BCUT2D eigenvalue weighted by Gasteiger charge is -2.11. The lowest BCUT2D eigenvalue weighted by molar-refractivity contribution is -0.115. The largest absolute Gasteiger partial charge is 0.324 e. The molecule has 3 nitrogen and oxygen atoms in total. The molecule has 1 amide bonds. The van der Waals surface area contributed by atoms with Gasteiger partial charge in [0.1, 0.15) is 4.60 Å². The molecule has 16 heavy (non-hydrogen) atoms. The molecule has 0 aliphatic carbocycles. The molecule has 1 aliphatic rings. The Balaban J connectivity index is 2.05. The number of anilines is 1. The van der Waals surface area contributed by atoms with Crippen LogP contribution in [0.4, 0.5) is 5.69 Å². The second-order valence-electron chi connectivity index (χ2n) is 3.76. The Labute approximate surface area is 108 Å². The van der Waals surface area contributed by atoms with Crippen molar-refractivity contribution in [3.63, 3.8) is 0 Å². The number of rotatable bonds is 2. The van der Waals surface area contributed by atoms with Gasteiger partial charge in [-0.05, 0) is 53.6 Å². The number of nitrogens with one attached hydrogen (secondary N) is 1. The summed E-state index contributed by atoms with van der Waals surface area (Å²) in [5.74, 6) is 1.20. The lowest BCUT2D eigenvalue weighted by atomic mass is 10.2. The normalized spacial score (nSPS) is 19.8. The fourth-order valence-corrected chi connectivity index (χ4v) is 3.22. The van der Waals surface area contributed by atoms with E-state index in [0.717, 1.165) is 34.6 Å². The summed E-state index contributed by atoms with van der Waals surface area (Å²) in [6.07, 6.45) is 2.12. The van der Waals surface area contributed by atoms with Crippen molar-refractivity contribution in [1.82, 2.24) is 4.98 Å². The molecular formula is C11H13BrN2OS. The SMILES string of the molecule is Cc1nc(Br)ccc1NC(=O)C1CCCS1. The second kappa shape index (κ2) is 5.19. The van der Waals surface area contributed by atoms with Crippen molar-refractivity contribution in [2.45, 2.75) is 25.0 Å². The van der Waals surface area contributed by atoms with Crippen molar-refractivity contribution in [3.05, 3.63) is 22.4 Å². The number of amides is 1. The third-order valence-electron chi connectivity index (χ3n) is 2.53. The highest BCUT2D eigenvalue weighted by molar-refractivity contribution is 9.10. The first-order chi connectivity index (χ1) is 7.66. The molecule has 1 fully saturated rings. The third kappa shape index (κ3) is 2.77. The Hall–Kier alpha value is -0.550. The zero-order valence-electron chi connectivity index (χ0n) is 9.00. The fourth-order valence-electron chi connectivity index (χ4n) is 1.66. The predicted molar refractivity (Wildman–Crippen MR) is 70.8 cm³/mol. The third-order valence-corrected chi connectivity index (χ3v) is 4.35. The minimum atomic E-state index is 0.106. The first-order valence-corrected chi connectivity index (χ1v) is 7.06. The van der Waals surface area contributed by atoms with Crippen LogP contribution in [0, 0.1) is 6.92 Å². The number of pyridine rings is 1. The van der Waals surface area contributed by atoms with Crippen molar-refractivity contribution < 1.29 is 4.79 Å². The number of carbonyl (C=O) groups excluding carboxylic acids is 1. The highest BCUT2D eigenvalue weighted by Gasteiger charge is 2.23. The number of halogens is 1. The van der Waals surface area contributed by atoms with Crippen molar-refractivity contribution in [3.8, 4) is 0 Å². The van der Waals surface area contributed by atoms with E-state index in [-0.39, 0.29) is 11.2 Å². The van der Waals surface area contributed by atoms with Crippen LogP contribution in [0.5, 0.6) is 0 Å². The van der Waals surface area contributed by atoms with Gasteiger partial charge in [0.25, 0.3) is 0 Å². The summed E-state index contributed by atoms with van der Waals surface area (Å²) in [6, 6.07) is 3.72. The molecule has 2 rings (SSSR count). The number of carbonyl (C=O) groups is 1. The average Bonchev–Trinajstić information content (AvgIpc) is 2.75. The summed E-state index contributed by atoms with van der Waals surface area (Å²) in [6.45, 7) is 1.89. The molecule has 0 spiro atoms. The summed E-state index contributed by atoms with van der Waals surface area (Å²) in [5.41, 5.74) is 1.64. The Morgan fingerprint density at radius 1 is 1.62 bits per heavy atom. The minimum absolute atomic E-state index is 0.106. The highest BCUT2D eigenvalue weighted by atomic mass is 79.9. The van der Waals surface area contributed by atoms with Gasteiger partial charge in [0.2, 0.25) is 5.91 Å². The van der Waals surface area contributed by atoms with Gasteiger partial charge >= 0.3 is 0 Å². The number of thioether (sulfide) groups is 1. The molecule has 0 radical (unpaired) electrons. The van der Waals surface area contributed by atoms with Gasteiger partial charge < -0.3 is 5.32 Å². The fraction of sp³-hybridized carbons (Fsp3) is 0.455. The molecule has 1 saturated heterocycles. The van der Waals surface area contributed by atoms with Crippen LogP contribution in [0.1, 0.15) is 18.5 Å². The Morgan fingerprint density at radius 3 is 3.06 bits per heavy atom. The van der Waals surface area contributed by atoms with E-state index in [1.165, 1.54) is 0 Å². The van der Waals surface area contributed by atoms with Gasteiger partial charge in [0.05, 0.1) is 16.6 Å². The lowest BCUT2D eigenvalue weighted by Crippen LogP contribution is -2.23. The first-order valence-electron chi connectivity index (χ1n) is 5.22. The van der Waals surface area contributed by atoms with E-state index in [1.54, 1.807) is 11.8 Å². The minimum Gasteiger partial charge on any atom is -0.324 e.